The maximum atomic E-state index is 11.1. The molecule has 1 unspecified atom stereocenters. The lowest BCUT2D eigenvalue weighted by Crippen LogP contribution is -2.31. The molecular formula is C11H14N4O. The molecule has 0 spiro atoms. The molecule has 0 radical (unpaired) electrons. The van der Waals surface area contributed by atoms with E-state index in [4.69, 9.17) is 11.5 Å². The number of primary amides is 1. The number of rotatable bonds is 4. The van der Waals surface area contributed by atoms with Crippen LogP contribution in [0.5, 0.6) is 0 Å². The van der Waals surface area contributed by atoms with Crippen LogP contribution in [0.1, 0.15) is 5.69 Å². The van der Waals surface area contributed by atoms with Crippen molar-refractivity contribution in [3.05, 3.63) is 36.3 Å². The first kappa shape index (κ1) is 10.6. The molecule has 4 N–H and O–H groups in total. The van der Waals surface area contributed by atoms with E-state index in [9.17, 15) is 4.79 Å². The highest BCUT2D eigenvalue weighted by Crippen LogP contribution is 2.09. The van der Waals surface area contributed by atoms with E-state index in [0.29, 0.717) is 6.42 Å². The van der Waals surface area contributed by atoms with E-state index in [2.05, 4.69) is 4.98 Å². The lowest BCUT2D eigenvalue weighted by atomic mass is 10.0. The van der Waals surface area contributed by atoms with Crippen molar-refractivity contribution >= 4 is 11.6 Å². The Balaban J connectivity index is 2.24. The first-order chi connectivity index (χ1) is 7.70. The van der Waals surface area contributed by atoms with Crippen molar-refractivity contribution in [1.29, 1.82) is 0 Å². The van der Waals surface area contributed by atoms with Crippen LogP contribution in [0.25, 0.3) is 5.65 Å². The second-order valence-corrected chi connectivity index (χ2v) is 3.74. The molecule has 1 atom stereocenters. The smallest absolute Gasteiger partial charge is 0.222 e. The average molecular weight is 218 g/mol. The van der Waals surface area contributed by atoms with Gasteiger partial charge in [0.15, 0.2) is 0 Å². The zero-order valence-corrected chi connectivity index (χ0v) is 8.84. The zero-order chi connectivity index (χ0) is 11.5. The minimum absolute atomic E-state index is 0.253. The van der Waals surface area contributed by atoms with Crippen LogP contribution in [-0.2, 0) is 11.2 Å². The van der Waals surface area contributed by atoms with Crippen molar-refractivity contribution in [1.82, 2.24) is 9.38 Å². The summed E-state index contributed by atoms with van der Waals surface area (Å²) in [5.41, 5.74) is 12.4. The normalized spacial score (nSPS) is 12.8. The van der Waals surface area contributed by atoms with Crippen LogP contribution < -0.4 is 11.5 Å². The van der Waals surface area contributed by atoms with Gasteiger partial charge in [0.25, 0.3) is 0 Å². The monoisotopic (exact) mass is 218 g/mol. The van der Waals surface area contributed by atoms with Gasteiger partial charge in [-0.05, 0) is 12.1 Å². The predicted molar refractivity (Wildman–Crippen MR) is 60.6 cm³/mol. The Morgan fingerprint density at radius 2 is 2.31 bits per heavy atom. The van der Waals surface area contributed by atoms with Gasteiger partial charge in [0, 0.05) is 25.4 Å². The zero-order valence-electron chi connectivity index (χ0n) is 8.84. The fraction of sp³-hybridized carbons (Fsp3) is 0.273. The van der Waals surface area contributed by atoms with Gasteiger partial charge in [0.1, 0.15) is 5.65 Å². The molecule has 0 aliphatic carbocycles. The summed E-state index contributed by atoms with van der Waals surface area (Å²) in [4.78, 5) is 15.4. The number of nitrogens with two attached hydrogens (primary N) is 2. The Morgan fingerprint density at radius 3 is 2.94 bits per heavy atom. The predicted octanol–water partition coefficient (Wildman–Crippen LogP) is -0.0630. The molecule has 0 fully saturated rings. The summed E-state index contributed by atoms with van der Waals surface area (Å²) in [6.45, 7) is 0.253. The van der Waals surface area contributed by atoms with E-state index in [1.807, 2.05) is 35.0 Å². The van der Waals surface area contributed by atoms with E-state index < -0.39 is 0 Å². The first-order valence-corrected chi connectivity index (χ1v) is 5.12. The van der Waals surface area contributed by atoms with Crippen LogP contribution in [-0.4, -0.2) is 21.8 Å². The highest BCUT2D eigenvalue weighted by atomic mass is 16.1. The Kier molecular flexibility index (Phi) is 2.87. The molecular weight excluding hydrogens is 204 g/mol. The Bertz CT molecular complexity index is 472. The van der Waals surface area contributed by atoms with Crippen LogP contribution in [0.4, 0.5) is 0 Å². The molecule has 2 heterocycles. The molecule has 16 heavy (non-hydrogen) atoms. The van der Waals surface area contributed by atoms with Gasteiger partial charge in [0.05, 0.1) is 11.6 Å². The fourth-order valence-corrected chi connectivity index (χ4v) is 1.64. The maximum Gasteiger partial charge on any atom is 0.222 e. The summed E-state index contributed by atoms with van der Waals surface area (Å²) in [7, 11) is 0. The summed E-state index contributed by atoms with van der Waals surface area (Å²) < 4.78 is 1.91. The summed E-state index contributed by atoms with van der Waals surface area (Å²) in [6, 6.07) is 5.75. The molecule has 2 aromatic rings. The largest absolute Gasteiger partial charge is 0.369 e. The molecule has 84 valence electrons. The minimum Gasteiger partial charge on any atom is -0.369 e. The number of carbonyl (C=O) groups excluding carboxylic acids is 1. The summed E-state index contributed by atoms with van der Waals surface area (Å²) in [5.74, 6) is -0.718. The molecule has 0 bridgehead atoms. The lowest BCUT2D eigenvalue weighted by Gasteiger charge is -2.07. The van der Waals surface area contributed by atoms with E-state index in [1.165, 1.54) is 0 Å². The summed E-state index contributed by atoms with van der Waals surface area (Å²) in [5, 5.41) is 0. The van der Waals surface area contributed by atoms with Gasteiger partial charge in [-0.15, -0.1) is 0 Å². The second-order valence-electron chi connectivity index (χ2n) is 3.74. The molecule has 0 saturated heterocycles. The fourth-order valence-electron chi connectivity index (χ4n) is 1.64. The van der Waals surface area contributed by atoms with Crippen molar-refractivity contribution in [3.63, 3.8) is 0 Å². The standard InChI is InChI=1S/C11H14N4O/c12-6-8(11(13)16)5-9-7-15-4-2-1-3-10(15)14-9/h1-4,7-8H,5-6,12H2,(H2,13,16). The second kappa shape index (κ2) is 4.32. The SMILES string of the molecule is NCC(Cc1cn2ccccc2n1)C(N)=O. The lowest BCUT2D eigenvalue weighted by molar-refractivity contribution is -0.121. The third kappa shape index (κ3) is 2.04. The molecule has 0 aliphatic heterocycles. The third-order valence-electron chi connectivity index (χ3n) is 2.56. The molecule has 5 nitrogen and oxygen atoms in total. The Morgan fingerprint density at radius 1 is 1.50 bits per heavy atom. The number of fused-ring (bicyclic) bond motifs is 1. The summed E-state index contributed by atoms with van der Waals surface area (Å²) >= 11 is 0. The number of nitrogens with zero attached hydrogens (tertiary/aromatic N) is 2. The van der Waals surface area contributed by atoms with E-state index in [0.717, 1.165) is 11.3 Å². The first-order valence-electron chi connectivity index (χ1n) is 5.12. The topological polar surface area (TPSA) is 86.4 Å². The molecule has 5 heteroatoms. The van der Waals surface area contributed by atoms with Gasteiger partial charge >= 0.3 is 0 Å². The van der Waals surface area contributed by atoms with Crippen molar-refractivity contribution in [2.45, 2.75) is 6.42 Å². The average Bonchev–Trinajstić information content (AvgIpc) is 2.67. The number of aromatic nitrogens is 2. The van der Waals surface area contributed by atoms with Crippen LogP contribution in [0.15, 0.2) is 30.6 Å². The van der Waals surface area contributed by atoms with Crippen molar-refractivity contribution in [2.75, 3.05) is 6.54 Å². The van der Waals surface area contributed by atoms with Crippen LogP contribution >= 0.6 is 0 Å². The number of imidazole rings is 1. The maximum absolute atomic E-state index is 11.1. The van der Waals surface area contributed by atoms with Crippen LogP contribution in [0, 0.1) is 5.92 Å². The van der Waals surface area contributed by atoms with Gasteiger partial charge < -0.3 is 15.9 Å². The van der Waals surface area contributed by atoms with Gasteiger partial charge in [-0.25, -0.2) is 4.98 Å². The molecule has 1 amide bonds. The van der Waals surface area contributed by atoms with Crippen molar-refractivity contribution < 1.29 is 4.79 Å². The molecule has 2 rings (SSSR count). The quantitative estimate of drug-likeness (QED) is 0.753. The molecule has 0 aliphatic rings. The Labute approximate surface area is 93.1 Å². The van der Waals surface area contributed by atoms with Gasteiger partial charge in [-0.3, -0.25) is 4.79 Å². The number of hydrogen-bond acceptors (Lipinski definition) is 3. The van der Waals surface area contributed by atoms with Crippen molar-refractivity contribution in [2.24, 2.45) is 17.4 Å². The van der Waals surface area contributed by atoms with Gasteiger partial charge in [-0.2, -0.15) is 0 Å². The number of hydrogen-bond donors (Lipinski definition) is 2. The van der Waals surface area contributed by atoms with Crippen molar-refractivity contribution in [3.8, 4) is 0 Å². The van der Waals surface area contributed by atoms with E-state index in [1.54, 1.807) is 0 Å². The van der Waals surface area contributed by atoms with E-state index in [-0.39, 0.29) is 18.4 Å². The van der Waals surface area contributed by atoms with E-state index >= 15 is 0 Å². The highest BCUT2D eigenvalue weighted by molar-refractivity contribution is 5.77. The van der Waals surface area contributed by atoms with Gasteiger partial charge in [-0.1, -0.05) is 6.07 Å². The summed E-state index contributed by atoms with van der Waals surface area (Å²) in [6.07, 6.45) is 4.29. The highest BCUT2D eigenvalue weighted by Gasteiger charge is 2.15. The third-order valence-corrected chi connectivity index (χ3v) is 2.56. The Hall–Kier alpha value is -1.88. The molecule has 0 saturated carbocycles. The molecule has 0 aromatic carbocycles. The van der Waals surface area contributed by atoms with Gasteiger partial charge in [0.2, 0.25) is 5.91 Å². The number of pyridine rings is 1. The minimum atomic E-state index is -0.375. The number of carbonyl (C=O) groups is 1. The molecule has 2 aromatic heterocycles. The van der Waals surface area contributed by atoms with Crippen LogP contribution in [0.3, 0.4) is 0 Å². The number of amides is 1. The van der Waals surface area contributed by atoms with Crippen LogP contribution in [0.2, 0.25) is 0 Å².